The zero-order valence-corrected chi connectivity index (χ0v) is 12.9. The van der Waals surface area contributed by atoms with Gasteiger partial charge in [-0.25, -0.2) is 17.9 Å². The molecular weight excluding hydrogens is 292 g/mol. The molecule has 6 nitrogen and oxygen atoms in total. The van der Waals surface area contributed by atoms with Crippen molar-refractivity contribution in [3.8, 4) is 0 Å². The van der Waals surface area contributed by atoms with Crippen molar-refractivity contribution in [1.29, 1.82) is 0 Å². The first kappa shape index (κ1) is 15.8. The number of anilines is 1. The summed E-state index contributed by atoms with van der Waals surface area (Å²) in [7, 11) is -3.70. The van der Waals surface area contributed by atoms with Crippen LogP contribution in [-0.4, -0.2) is 31.6 Å². The number of rotatable bonds is 7. The van der Waals surface area contributed by atoms with Crippen LogP contribution in [0.25, 0.3) is 0 Å². The molecule has 1 fully saturated rings. The number of carboxylic acids is 1. The molecule has 0 bridgehead atoms. The van der Waals surface area contributed by atoms with Crippen molar-refractivity contribution in [2.24, 2.45) is 0 Å². The smallest absolute Gasteiger partial charge is 0.337 e. The number of aromatic carboxylic acids is 1. The fourth-order valence-corrected chi connectivity index (χ4v) is 3.21. The van der Waals surface area contributed by atoms with Crippen molar-refractivity contribution >= 4 is 21.7 Å². The van der Waals surface area contributed by atoms with Crippen molar-refractivity contribution in [3.05, 3.63) is 23.8 Å². The highest BCUT2D eigenvalue weighted by Crippen LogP contribution is 2.28. The summed E-state index contributed by atoms with van der Waals surface area (Å²) in [5, 5.41) is 12.4. The predicted octanol–water partition coefficient (Wildman–Crippen LogP) is 2.04. The van der Waals surface area contributed by atoms with Gasteiger partial charge in [0.1, 0.15) is 0 Å². The molecule has 0 aliphatic heterocycles. The lowest BCUT2D eigenvalue weighted by atomic mass is 10.2. The number of hydrogen-bond donors (Lipinski definition) is 3. The summed E-state index contributed by atoms with van der Waals surface area (Å²) in [5.41, 5.74) is 0.446. The minimum absolute atomic E-state index is 0.0195. The zero-order chi connectivity index (χ0) is 15.6. The van der Waals surface area contributed by atoms with E-state index in [1.807, 2.05) is 6.92 Å². The summed E-state index contributed by atoms with van der Waals surface area (Å²) in [6, 6.07) is 4.25. The molecule has 116 valence electrons. The fourth-order valence-electron chi connectivity index (χ4n) is 1.86. The molecule has 0 radical (unpaired) electrons. The summed E-state index contributed by atoms with van der Waals surface area (Å²) >= 11 is 0. The number of carboxylic acid groups (broad SMARTS) is 1. The van der Waals surface area contributed by atoms with E-state index < -0.39 is 16.0 Å². The fraction of sp³-hybridized carbons (Fsp3) is 0.500. The van der Waals surface area contributed by atoms with Crippen LogP contribution >= 0.6 is 0 Å². The lowest BCUT2D eigenvalue weighted by molar-refractivity contribution is 0.0697. The van der Waals surface area contributed by atoms with E-state index in [9.17, 15) is 18.3 Å². The Labute approximate surface area is 124 Å². The van der Waals surface area contributed by atoms with E-state index >= 15 is 0 Å². The van der Waals surface area contributed by atoms with Crippen molar-refractivity contribution in [2.45, 2.75) is 50.1 Å². The van der Waals surface area contributed by atoms with E-state index in [0.717, 1.165) is 12.8 Å². The summed E-state index contributed by atoms with van der Waals surface area (Å²) < 4.78 is 26.9. The van der Waals surface area contributed by atoms with Crippen LogP contribution < -0.4 is 10.0 Å². The van der Waals surface area contributed by atoms with Gasteiger partial charge in [-0.05, 0) is 44.4 Å². The van der Waals surface area contributed by atoms with Crippen LogP contribution in [0.2, 0.25) is 0 Å². The number of carbonyl (C=O) groups is 1. The number of nitrogens with one attached hydrogen (secondary N) is 2. The second kappa shape index (κ2) is 6.03. The van der Waals surface area contributed by atoms with Gasteiger partial charge in [-0.2, -0.15) is 0 Å². The third-order valence-electron chi connectivity index (χ3n) is 3.44. The summed E-state index contributed by atoms with van der Waals surface area (Å²) in [5.74, 6) is -1.14. The molecule has 1 saturated carbocycles. The SMILES string of the molecule is CC[C@H](C)NS(=O)(=O)c1ccc(NC2CC2)c(C(=O)O)c1. The molecule has 1 aliphatic rings. The quantitative estimate of drug-likeness (QED) is 0.716. The summed E-state index contributed by atoms with van der Waals surface area (Å²) in [6.45, 7) is 3.64. The van der Waals surface area contributed by atoms with Gasteiger partial charge >= 0.3 is 5.97 Å². The molecule has 7 heteroatoms. The molecule has 1 atom stereocenters. The van der Waals surface area contributed by atoms with E-state index in [-0.39, 0.29) is 16.5 Å². The second-order valence-corrected chi connectivity index (χ2v) is 7.08. The van der Waals surface area contributed by atoms with Crippen LogP contribution in [-0.2, 0) is 10.0 Å². The topological polar surface area (TPSA) is 95.5 Å². The van der Waals surface area contributed by atoms with E-state index in [0.29, 0.717) is 18.2 Å². The molecule has 0 unspecified atom stereocenters. The molecule has 0 saturated heterocycles. The minimum Gasteiger partial charge on any atom is -0.478 e. The van der Waals surface area contributed by atoms with E-state index in [1.54, 1.807) is 6.92 Å². The average Bonchev–Trinajstić information content (AvgIpc) is 3.22. The molecule has 2 rings (SSSR count). The Morgan fingerprint density at radius 1 is 1.43 bits per heavy atom. The normalized spacial score (nSPS) is 16.5. The van der Waals surface area contributed by atoms with Crippen LogP contribution in [0.4, 0.5) is 5.69 Å². The first-order valence-electron chi connectivity index (χ1n) is 6.99. The first-order valence-corrected chi connectivity index (χ1v) is 8.48. The van der Waals surface area contributed by atoms with Crippen LogP contribution in [0.1, 0.15) is 43.5 Å². The Morgan fingerprint density at radius 2 is 2.10 bits per heavy atom. The van der Waals surface area contributed by atoms with E-state index in [4.69, 9.17) is 0 Å². The highest BCUT2D eigenvalue weighted by atomic mass is 32.2. The predicted molar refractivity (Wildman–Crippen MR) is 80.1 cm³/mol. The number of benzene rings is 1. The van der Waals surface area contributed by atoms with Gasteiger partial charge in [0.05, 0.1) is 10.5 Å². The van der Waals surface area contributed by atoms with Crippen molar-refractivity contribution in [2.75, 3.05) is 5.32 Å². The van der Waals surface area contributed by atoms with Crippen LogP contribution in [0, 0.1) is 0 Å². The Hall–Kier alpha value is -1.60. The lowest BCUT2D eigenvalue weighted by Crippen LogP contribution is -2.32. The largest absolute Gasteiger partial charge is 0.478 e. The first-order chi connectivity index (χ1) is 9.83. The summed E-state index contributed by atoms with van der Waals surface area (Å²) in [6.07, 6.45) is 2.68. The van der Waals surface area contributed by atoms with Crippen molar-refractivity contribution in [1.82, 2.24) is 4.72 Å². The molecule has 1 aromatic carbocycles. The number of hydrogen-bond acceptors (Lipinski definition) is 4. The molecule has 1 aliphatic carbocycles. The highest BCUT2D eigenvalue weighted by molar-refractivity contribution is 7.89. The van der Waals surface area contributed by atoms with Gasteiger partial charge in [0.25, 0.3) is 0 Å². The van der Waals surface area contributed by atoms with Gasteiger partial charge < -0.3 is 10.4 Å². The minimum atomic E-state index is -3.70. The van der Waals surface area contributed by atoms with Crippen LogP contribution in [0.3, 0.4) is 0 Å². The maximum absolute atomic E-state index is 12.2. The zero-order valence-electron chi connectivity index (χ0n) is 12.1. The van der Waals surface area contributed by atoms with Gasteiger partial charge in [0.15, 0.2) is 0 Å². The number of sulfonamides is 1. The standard InChI is InChI=1S/C14H20N2O4S/c1-3-9(2)16-21(19,20)11-6-7-13(15-10-4-5-10)12(8-11)14(17)18/h6-10,15-16H,3-5H2,1-2H3,(H,17,18)/t9-/m0/s1. The van der Waals surface area contributed by atoms with Gasteiger partial charge in [0.2, 0.25) is 10.0 Å². The Balaban J connectivity index is 2.32. The molecule has 3 N–H and O–H groups in total. The summed E-state index contributed by atoms with van der Waals surface area (Å²) in [4.78, 5) is 11.3. The van der Waals surface area contributed by atoms with Crippen molar-refractivity contribution < 1.29 is 18.3 Å². The van der Waals surface area contributed by atoms with Gasteiger partial charge in [-0.15, -0.1) is 0 Å². The molecule has 0 heterocycles. The monoisotopic (exact) mass is 312 g/mol. The van der Waals surface area contributed by atoms with Crippen LogP contribution in [0.5, 0.6) is 0 Å². The Bertz CT molecular complexity index is 638. The maximum Gasteiger partial charge on any atom is 0.337 e. The van der Waals surface area contributed by atoms with Crippen molar-refractivity contribution in [3.63, 3.8) is 0 Å². The Morgan fingerprint density at radius 3 is 2.62 bits per heavy atom. The van der Waals surface area contributed by atoms with Crippen LogP contribution in [0.15, 0.2) is 23.1 Å². The molecule has 1 aromatic rings. The van der Waals surface area contributed by atoms with E-state index in [1.165, 1.54) is 18.2 Å². The highest BCUT2D eigenvalue weighted by Gasteiger charge is 2.25. The Kier molecular flexibility index (Phi) is 4.53. The van der Waals surface area contributed by atoms with Gasteiger partial charge in [-0.1, -0.05) is 6.92 Å². The van der Waals surface area contributed by atoms with Gasteiger partial charge in [-0.3, -0.25) is 0 Å². The van der Waals surface area contributed by atoms with Gasteiger partial charge in [0, 0.05) is 17.8 Å². The average molecular weight is 312 g/mol. The molecule has 0 spiro atoms. The third kappa shape index (κ3) is 3.95. The maximum atomic E-state index is 12.2. The third-order valence-corrected chi connectivity index (χ3v) is 5.02. The molecule has 0 aromatic heterocycles. The molecular formula is C14H20N2O4S. The lowest BCUT2D eigenvalue weighted by Gasteiger charge is -2.14. The molecule has 0 amide bonds. The second-order valence-electron chi connectivity index (χ2n) is 5.36. The molecule has 21 heavy (non-hydrogen) atoms. The van der Waals surface area contributed by atoms with E-state index in [2.05, 4.69) is 10.0 Å².